The number of anilines is 2. The molecular weight excluding hydrogens is 362 g/mol. The van der Waals surface area contributed by atoms with Crippen LogP contribution in [0.2, 0.25) is 0 Å². The summed E-state index contributed by atoms with van der Waals surface area (Å²) in [6, 6.07) is 12.7. The molecule has 5 nitrogen and oxygen atoms in total. The third kappa shape index (κ3) is 6.03. The zero-order valence-corrected chi connectivity index (χ0v) is 15.1. The average molecular weight is 380 g/mol. The van der Waals surface area contributed by atoms with Gasteiger partial charge in [-0.05, 0) is 48.5 Å². The minimum absolute atomic E-state index is 0.344. The van der Waals surface area contributed by atoms with Gasteiger partial charge in [-0.1, -0.05) is 11.8 Å². The highest BCUT2D eigenvalue weighted by molar-refractivity contribution is 7.99. The first-order valence-electron chi connectivity index (χ1n) is 7.64. The van der Waals surface area contributed by atoms with Crippen LogP contribution >= 0.6 is 11.8 Å². The first-order valence-corrected chi connectivity index (χ1v) is 8.52. The van der Waals surface area contributed by atoms with Crippen molar-refractivity contribution in [2.45, 2.75) is 10.7 Å². The van der Waals surface area contributed by atoms with Gasteiger partial charge >= 0.3 is 5.97 Å². The van der Waals surface area contributed by atoms with Gasteiger partial charge in [0.25, 0.3) is 11.7 Å². The molecular formula is C18H18F2N2O3S. The lowest BCUT2D eigenvalue weighted by atomic mass is 10.2. The number of rotatable bonds is 7. The summed E-state index contributed by atoms with van der Waals surface area (Å²) in [4.78, 5) is 26.1. The van der Waals surface area contributed by atoms with E-state index in [2.05, 4.69) is 5.32 Å². The molecule has 0 aliphatic heterocycles. The number of hydrogen-bond donors (Lipinski definition) is 1. The molecule has 138 valence electrons. The monoisotopic (exact) mass is 380 g/mol. The Balaban J connectivity index is 1.83. The van der Waals surface area contributed by atoms with E-state index in [4.69, 9.17) is 4.74 Å². The van der Waals surface area contributed by atoms with Crippen LogP contribution in [-0.4, -0.2) is 38.3 Å². The highest BCUT2D eigenvalue weighted by atomic mass is 32.2. The number of halogens is 2. The van der Waals surface area contributed by atoms with Crippen LogP contribution in [0, 0.1) is 0 Å². The maximum absolute atomic E-state index is 12.3. The summed E-state index contributed by atoms with van der Waals surface area (Å²) in [5, 5.41) is 2.53. The van der Waals surface area contributed by atoms with E-state index in [1.807, 2.05) is 19.0 Å². The molecule has 0 aliphatic carbocycles. The zero-order chi connectivity index (χ0) is 19.1. The van der Waals surface area contributed by atoms with Crippen LogP contribution < -0.4 is 10.2 Å². The fraction of sp³-hybridized carbons (Fsp3) is 0.222. The molecule has 0 aliphatic rings. The molecule has 0 bridgehead atoms. The number of amides is 1. The lowest BCUT2D eigenvalue weighted by Crippen LogP contribution is -2.21. The summed E-state index contributed by atoms with van der Waals surface area (Å²) < 4.78 is 29.5. The Labute approximate surface area is 154 Å². The van der Waals surface area contributed by atoms with Crippen LogP contribution in [0.15, 0.2) is 53.4 Å². The molecule has 26 heavy (non-hydrogen) atoms. The van der Waals surface area contributed by atoms with Gasteiger partial charge in [-0.25, -0.2) is 4.79 Å². The molecule has 0 saturated heterocycles. The van der Waals surface area contributed by atoms with Gasteiger partial charge in [-0.2, -0.15) is 8.78 Å². The van der Waals surface area contributed by atoms with Crippen LogP contribution in [0.5, 0.6) is 0 Å². The van der Waals surface area contributed by atoms with Crippen molar-refractivity contribution in [2.75, 3.05) is 30.9 Å². The third-order valence-electron chi connectivity index (χ3n) is 3.32. The number of carbonyl (C=O) groups is 2. The van der Waals surface area contributed by atoms with Crippen LogP contribution in [-0.2, 0) is 9.53 Å². The molecule has 0 saturated carbocycles. The molecule has 1 amide bonds. The topological polar surface area (TPSA) is 58.6 Å². The first kappa shape index (κ1) is 19.7. The lowest BCUT2D eigenvalue weighted by Gasteiger charge is -2.12. The second-order valence-corrected chi connectivity index (χ2v) is 6.53. The number of nitrogens with zero attached hydrogens (tertiary/aromatic N) is 1. The van der Waals surface area contributed by atoms with Crippen molar-refractivity contribution in [3.05, 3.63) is 54.1 Å². The Hall–Kier alpha value is -2.61. The quantitative estimate of drug-likeness (QED) is 0.584. The highest BCUT2D eigenvalue weighted by Gasteiger charge is 2.11. The Bertz CT molecular complexity index is 750. The molecule has 0 radical (unpaired) electrons. The van der Waals surface area contributed by atoms with Crippen LogP contribution in [0.4, 0.5) is 20.2 Å². The van der Waals surface area contributed by atoms with Crippen molar-refractivity contribution in [3.8, 4) is 0 Å². The molecule has 2 aromatic rings. The minimum atomic E-state index is -2.50. The second-order valence-electron chi connectivity index (χ2n) is 5.47. The second kappa shape index (κ2) is 9.19. The van der Waals surface area contributed by atoms with Gasteiger partial charge in [-0.15, -0.1) is 0 Å². The van der Waals surface area contributed by atoms with Gasteiger partial charge in [0.2, 0.25) is 0 Å². The fourth-order valence-electron chi connectivity index (χ4n) is 2.03. The molecule has 0 unspecified atom stereocenters. The van der Waals surface area contributed by atoms with Gasteiger partial charge < -0.3 is 15.0 Å². The normalized spacial score (nSPS) is 10.5. The number of esters is 1. The van der Waals surface area contributed by atoms with Crippen LogP contribution in [0.1, 0.15) is 10.4 Å². The van der Waals surface area contributed by atoms with E-state index in [1.54, 1.807) is 24.3 Å². The SMILES string of the molecule is CN(C)c1ccc(C(=O)OCC(=O)Nc2ccc(SC(F)F)cc2)cc1. The maximum atomic E-state index is 12.3. The zero-order valence-electron chi connectivity index (χ0n) is 14.2. The Morgan fingerprint density at radius 2 is 1.69 bits per heavy atom. The van der Waals surface area contributed by atoms with Crippen molar-refractivity contribution in [2.24, 2.45) is 0 Å². The first-order chi connectivity index (χ1) is 12.3. The number of alkyl halides is 2. The van der Waals surface area contributed by atoms with Crippen LogP contribution in [0.3, 0.4) is 0 Å². The molecule has 2 rings (SSSR count). The van der Waals surface area contributed by atoms with E-state index in [9.17, 15) is 18.4 Å². The summed E-state index contributed by atoms with van der Waals surface area (Å²) in [6.07, 6.45) is 0. The summed E-state index contributed by atoms with van der Waals surface area (Å²) in [5.41, 5.74) is 1.71. The van der Waals surface area contributed by atoms with E-state index in [-0.39, 0.29) is 0 Å². The summed E-state index contributed by atoms with van der Waals surface area (Å²) in [5.74, 6) is -3.62. The number of nitrogens with one attached hydrogen (secondary N) is 1. The smallest absolute Gasteiger partial charge is 0.338 e. The van der Waals surface area contributed by atoms with Crippen molar-refractivity contribution >= 4 is 35.0 Å². The maximum Gasteiger partial charge on any atom is 0.338 e. The summed E-state index contributed by atoms with van der Waals surface area (Å²) in [7, 11) is 3.77. The Morgan fingerprint density at radius 1 is 1.08 bits per heavy atom. The average Bonchev–Trinajstić information content (AvgIpc) is 2.61. The van der Waals surface area contributed by atoms with Crippen molar-refractivity contribution in [1.29, 1.82) is 0 Å². The van der Waals surface area contributed by atoms with E-state index < -0.39 is 24.2 Å². The standard InChI is InChI=1S/C18H18F2N2O3S/c1-22(2)14-7-3-12(4-8-14)17(24)25-11-16(23)21-13-5-9-15(10-6-13)26-18(19)20/h3-10,18H,11H2,1-2H3,(H,21,23). The molecule has 0 spiro atoms. The van der Waals surface area contributed by atoms with Gasteiger partial charge in [0.1, 0.15) is 0 Å². The van der Waals surface area contributed by atoms with E-state index in [0.29, 0.717) is 27.9 Å². The number of hydrogen-bond acceptors (Lipinski definition) is 5. The highest BCUT2D eigenvalue weighted by Crippen LogP contribution is 2.26. The fourth-order valence-corrected chi connectivity index (χ4v) is 2.53. The van der Waals surface area contributed by atoms with E-state index in [1.165, 1.54) is 24.3 Å². The summed E-state index contributed by atoms with van der Waals surface area (Å²) in [6.45, 7) is -0.443. The molecule has 0 aromatic heterocycles. The molecule has 0 atom stereocenters. The minimum Gasteiger partial charge on any atom is -0.452 e. The Morgan fingerprint density at radius 3 is 2.23 bits per heavy atom. The molecule has 8 heteroatoms. The predicted octanol–water partition coefficient (Wildman–Crippen LogP) is 3.86. The van der Waals surface area contributed by atoms with Gasteiger partial charge in [0.05, 0.1) is 5.56 Å². The van der Waals surface area contributed by atoms with Crippen molar-refractivity contribution < 1.29 is 23.1 Å². The van der Waals surface area contributed by atoms with Gasteiger partial charge in [-0.3, -0.25) is 4.79 Å². The van der Waals surface area contributed by atoms with E-state index in [0.717, 1.165) is 5.69 Å². The summed E-state index contributed by atoms with van der Waals surface area (Å²) >= 11 is 0.422. The molecule has 1 N–H and O–H groups in total. The predicted molar refractivity (Wildman–Crippen MR) is 98.0 cm³/mol. The Kier molecular flexibility index (Phi) is 6.97. The lowest BCUT2D eigenvalue weighted by molar-refractivity contribution is -0.119. The van der Waals surface area contributed by atoms with E-state index >= 15 is 0 Å². The van der Waals surface area contributed by atoms with Gasteiger partial charge in [0, 0.05) is 30.4 Å². The van der Waals surface area contributed by atoms with Crippen LogP contribution in [0.25, 0.3) is 0 Å². The largest absolute Gasteiger partial charge is 0.452 e. The third-order valence-corrected chi connectivity index (χ3v) is 4.04. The van der Waals surface area contributed by atoms with Crippen molar-refractivity contribution in [3.63, 3.8) is 0 Å². The van der Waals surface area contributed by atoms with Crippen molar-refractivity contribution in [1.82, 2.24) is 0 Å². The molecule has 2 aromatic carbocycles. The molecule has 0 heterocycles. The number of ether oxygens (including phenoxy) is 1. The molecule has 0 fully saturated rings. The van der Waals surface area contributed by atoms with Gasteiger partial charge in [0.15, 0.2) is 6.61 Å². The number of benzene rings is 2. The number of carbonyl (C=O) groups excluding carboxylic acids is 2. The number of thioether (sulfide) groups is 1.